The molecule has 23 heavy (non-hydrogen) atoms. The maximum atomic E-state index is 12.7. The maximum Gasteiger partial charge on any atom is 0.264 e. The molecule has 10 heteroatoms. The van der Waals surface area contributed by atoms with Crippen LogP contribution in [-0.2, 0) is 19.7 Å². The number of benzene rings is 1. The van der Waals surface area contributed by atoms with Gasteiger partial charge in [-0.05, 0) is 18.1 Å². The van der Waals surface area contributed by atoms with Crippen molar-refractivity contribution in [2.75, 3.05) is 14.2 Å². The normalized spacial score (nSPS) is 13.4. The van der Waals surface area contributed by atoms with Crippen molar-refractivity contribution in [3.8, 4) is 0 Å². The van der Waals surface area contributed by atoms with Crippen molar-refractivity contribution in [1.29, 1.82) is 0 Å². The number of rotatable bonds is 6. The zero-order chi connectivity index (χ0) is 17.2. The lowest BCUT2D eigenvalue weighted by molar-refractivity contribution is -0.171. The van der Waals surface area contributed by atoms with E-state index in [1.54, 1.807) is 26.0 Å². The van der Waals surface area contributed by atoms with Crippen LogP contribution in [0.25, 0.3) is 11.0 Å². The van der Waals surface area contributed by atoms with E-state index in [0.717, 1.165) is 16.8 Å². The summed E-state index contributed by atoms with van der Waals surface area (Å²) in [6.07, 6.45) is 0. The van der Waals surface area contributed by atoms with Gasteiger partial charge in [0.1, 0.15) is 22.0 Å². The van der Waals surface area contributed by atoms with Crippen molar-refractivity contribution in [3.63, 3.8) is 0 Å². The summed E-state index contributed by atoms with van der Waals surface area (Å²) >= 11 is 0.936. The highest BCUT2D eigenvalue weighted by Gasteiger charge is 2.31. The highest BCUT2D eigenvalue weighted by molar-refractivity contribution is 7.89. The van der Waals surface area contributed by atoms with Crippen LogP contribution in [0.5, 0.6) is 0 Å². The number of carbonyl (C=O) groups is 1. The second-order valence-electron chi connectivity index (χ2n) is 5.25. The molecule has 2 aromatic rings. The van der Waals surface area contributed by atoms with Crippen molar-refractivity contribution in [1.82, 2.24) is 18.5 Å². The van der Waals surface area contributed by atoms with Crippen LogP contribution >= 0.6 is 11.7 Å². The smallest absolute Gasteiger partial charge is 0.264 e. The number of nitrogens with zero attached hydrogens (tertiary/aromatic N) is 3. The standard InChI is InChI=1S/C13H18N4O4S2/c1-8(2)11(13(18)17(3)21-4)16-23(19,20)10-7-5-6-9-12(10)15-22-14-9/h5-8,11,16H,1-4H3/t11-/m1/s1. The summed E-state index contributed by atoms with van der Waals surface area (Å²) in [5.74, 6) is -0.739. The van der Waals surface area contributed by atoms with Crippen molar-refractivity contribution >= 4 is 38.7 Å². The highest BCUT2D eigenvalue weighted by Crippen LogP contribution is 2.22. The number of hydrogen-bond donors (Lipinski definition) is 1. The third-order valence-corrected chi connectivity index (χ3v) is 5.35. The van der Waals surface area contributed by atoms with Gasteiger partial charge < -0.3 is 0 Å². The molecule has 8 nitrogen and oxygen atoms in total. The first-order chi connectivity index (χ1) is 10.8. The van der Waals surface area contributed by atoms with Crippen molar-refractivity contribution in [2.24, 2.45) is 5.92 Å². The fourth-order valence-electron chi connectivity index (χ4n) is 1.99. The van der Waals surface area contributed by atoms with E-state index in [1.807, 2.05) is 0 Å². The number of sulfonamides is 1. The third kappa shape index (κ3) is 3.66. The summed E-state index contributed by atoms with van der Waals surface area (Å²) in [4.78, 5) is 17.1. The zero-order valence-electron chi connectivity index (χ0n) is 13.2. The van der Waals surface area contributed by atoms with E-state index in [0.29, 0.717) is 11.0 Å². The lowest BCUT2D eigenvalue weighted by Crippen LogP contribution is -2.49. The molecular formula is C13H18N4O4S2. The van der Waals surface area contributed by atoms with Gasteiger partial charge in [-0.15, -0.1) is 0 Å². The number of aromatic nitrogens is 2. The Labute approximate surface area is 138 Å². The van der Waals surface area contributed by atoms with Gasteiger partial charge in [-0.1, -0.05) is 19.9 Å². The second-order valence-corrected chi connectivity index (χ2v) is 7.46. The number of carbonyl (C=O) groups excluding carboxylic acids is 1. The van der Waals surface area contributed by atoms with Crippen LogP contribution in [0, 0.1) is 5.92 Å². The van der Waals surface area contributed by atoms with Crippen molar-refractivity contribution < 1.29 is 18.0 Å². The Kier molecular flexibility index (Phi) is 5.30. The number of fused-ring (bicyclic) bond motifs is 1. The van der Waals surface area contributed by atoms with Crippen LogP contribution in [-0.4, -0.2) is 48.3 Å². The summed E-state index contributed by atoms with van der Waals surface area (Å²) < 4.78 is 35.9. The Balaban J connectivity index is 2.39. The maximum absolute atomic E-state index is 12.7. The molecule has 0 unspecified atom stereocenters. The van der Waals surface area contributed by atoms with E-state index < -0.39 is 22.0 Å². The molecule has 1 aromatic carbocycles. The molecule has 0 bridgehead atoms. The van der Waals surface area contributed by atoms with Gasteiger partial charge in [-0.3, -0.25) is 9.63 Å². The van der Waals surface area contributed by atoms with E-state index >= 15 is 0 Å². The molecule has 0 aliphatic carbocycles. The molecule has 0 saturated heterocycles. The van der Waals surface area contributed by atoms with E-state index in [4.69, 9.17) is 4.84 Å². The predicted molar refractivity (Wildman–Crippen MR) is 86.1 cm³/mol. The van der Waals surface area contributed by atoms with Gasteiger partial charge in [0.15, 0.2) is 0 Å². The van der Waals surface area contributed by atoms with Crippen LogP contribution in [0.2, 0.25) is 0 Å². The van der Waals surface area contributed by atoms with E-state index in [9.17, 15) is 13.2 Å². The molecule has 0 aliphatic rings. The van der Waals surface area contributed by atoms with Crippen LogP contribution < -0.4 is 4.72 Å². The summed E-state index contributed by atoms with van der Waals surface area (Å²) in [5, 5.41) is 0.998. The molecule has 1 aromatic heterocycles. The van der Waals surface area contributed by atoms with E-state index in [-0.39, 0.29) is 10.8 Å². The molecule has 0 saturated carbocycles. The number of nitrogens with one attached hydrogen (secondary N) is 1. The van der Waals surface area contributed by atoms with Crippen LogP contribution in [0.1, 0.15) is 13.8 Å². The summed E-state index contributed by atoms with van der Waals surface area (Å²) in [5.41, 5.74) is 0.791. The largest absolute Gasteiger partial charge is 0.275 e. The van der Waals surface area contributed by atoms with Crippen LogP contribution in [0.3, 0.4) is 0 Å². The first-order valence-electron chi connectivity index (χ1n) is 6.83. The summed E-state index contributed by atoms with van der Waals surface area (Å²) in [6, 6.07) is 3.76. The van der Waals surface area contributed by atoms with Crippen molar-refractivity contribution in [2.45, 2.75) is 24.8 Å². The Hall–Kier alpha value is -1.62. The van der Waals surface area contributed by atoms with Gasteiger partial charge in [0.25, 0.3) is 5.91 Å². The molecular weight excluding hydrogens is 340 g/mol. The number of hydroxylamine groups is 2. The van der Waals surface area contributed by atoms with Gasteiger partial charge in [0, 0.05) is 7.05 Å². The Bertz CT molecular complexity index is 803. The number of likely N-dealkylation sites (N-methyl/N-ethyl adjacent to an activating group) is 1. The van der Waals surface area contributed by atoms with Gasteiger partial charge in [-0.25, -0.2) is 13.5 Å². The fraction of sp³-hybridized carbons (Fsp3) is 0.462. The van der Waals surface area contributed by atoms with Gasteiger partial charge >= 0.3 is 0 Å². The van der Waals surface area contributed by atoms with Gasteiger partial charge in [0.05, 0.1) is 18.8 Å². The average molecular weight is 358 g/mol. The molecule has 2 rings (SSSR count). The fourth-order valence-corrected chi connectivity index (χ4v) is 4.09. The Morgan fingerprint density at radius 3 is 2.65 bits per heavy atom. The molecule has 0 fully saturated rings. The minimum Gasteiger partial charge on any atom is -0.275 e. The Morgan fingerprint density at radius 2 is 2.04 bits per heavy atom. The lowest BCUT2D eigenvalue weighted by atomic mass is 10.1. The lowest BCUT2D eigenvalue weighted by Gasteiger charge is -2.25. The van der Waals surface area contributed by atoms with Gasteiger partial charge in [0.2, 0.25) is 10.0 Å². The average Bonchev–Trinajstić information content (AvgIpc) is 2.99. The number of amides is 1. The third-order valence-electron chi connectivity index (χ3n) is 3.34. The summed E-state index contributed by atoms with van der Waals surface area (Å²) in [6.45, 7) is 3.50. The molecule has 0 radical (unpaired) electrons. The molecule has 1 N–H and O–H groups in total. The molecule has 1 heterocycles. The van der Waals surface area contributed by atoms with E-state index in [2.05, 4.69) is 13.5 Å². The quantitative estimate of drug-likeness (QED) is 0.774. The minimum absolute atomic E-state index is 0.00210. The first kappa shape index (κ1) is 17.7. The molecule has 1 amide bonds. The number of hydrogen-bond acceptors (Lipinski definition) is 7. The topological polar surface area (TPSA) is 101 Å². The minimum atomic E-state index is -3.94. The highest BCUT2D eigenvalue weighted by atomic mass is 32.2. The first-order valence-corrected chi connectivity index (χ1v) is 9.04. The monoisotopic (exact) mass is 358 g/mol. The SMILES string of the molecule is CON(C)C(=O)[C@H](NS(=O)(=O)c1cccc2nsnc12)C(C)C. The molecule has 0 spiro atoms. The van der Waals surface area contributed by atoms with Crippen LogP contribution in [0.15, 0.2) is 23.1 Å². The zero-order valence-corrected chi connectivity index (χ0v) is 14.8. The molecule has 126 valence electrons. The molecule has 0 aliphatic heterocycles. The van der Waals surface area contributed by atoms with Crippen LogP contribution in [0.4, 0.5) is 0 Å². The predicted octanol–water partition coefficient (Wildman–Crippen LogP) is 1.01. The Morgan fingerprint density at radius 1 is 1.35 bits per heavy atom. The summed E-state index contributed by atoms with van der Waals surface area (Å²) in [7, 11) is -1.17. The van der Waals surface area contributed by atoms with E-state index in [1.165, 1.54) is 20.2 Å². The second kappa shape index (κ2) is 6.87. The van der Waals surface area contributed by atoms with Crippen molar-refractivity contribution in [3.05, 3.63) is 18.2 Å². The molecule has 1 atom stereocenters. The van der Waals surface area contributed by atoms with Gasteiger partial charge in [-0.2, -0.15) is 13.5 Å².